The Morgan fingerprint density at radius 3 is 1.88 bits per heavy atom. The van der Waals surface area contributed by atoms with E-state index in [1.54, 1.807) is 12.2 Å². The Kier molecular flexibility index (Phi) is 34.3. The highest BCUT2D eigenvalue weighted by Gasteiger charge is 2.28. The van der Waals surface area contributed by atoms with E-state index >= 15 is 0 Å². The lowest BCUT2D eigenvalue weighted by atomic mass is 10.0. The van der Waals surface area contributed by atoms with E-state index in [0.717, 1.165) is 44.4 Å². The number of ether oxygens (including phenoxy) is 2. The van der Waals surface area contributed by atoms with Crippen molar-refractivity contribution in [3.63, 3.8) is 0 Å². The molecule has 2 unspecified atom stereocenters. The van der Waals surface area contributed by atoms with Crippen LogP contribution in [-0.4, -0.2) is 81.6 Å². The van der Waals surface area contributed by atoms with Crippen molar-refractivity contribution in [1.82, 2.24) is 0 Å². The molecule has 0 aliphatic carbocycles. The molecule has 0 rings (SSSR count). The standard InChI is InChI=1S/C41H72O14P2/c1-4-5-6-7-18-23-28-37(42)29-24-19-14-11-12-15-20-25-30-40(44)51-34-39(35-54-57(49,50)53-33-38(43)32-52-56(46,47)48)55-41(45)31-26-21-16-10-8-9-13-17-22-27-36(2)3/h5-6,12,14-15,18-19,23-24,29,36-39,42-43H,4,7-11,13,16-17,20-22,25-28,30-35H2,1-3H3,(H,49,50)(H2,46,47,48)/b6-5-,15-12-,19-14-,23-18-,29-24+/t37?,38-,39+/m0/s1. The van der Waals surface area contributed by atoms with Crippen LogP contribution in [0.25, 0.3) is 0 Å². The summed E-state index contributed by atoms with van der Waals surface area (Å²) >= 11 is 0. The molecule has 0 bridgehead atoms. The molecule has 0 aromatic rings. The fourth-order valence-corrected chi connectivity index (χ4v) is 6.22. The number of rotatable bonds is 37. The first-order chi connectivity index (χ1) is 27.1. The number of allylic oxidation sites excluding steroid dienone is 8. The molecule has 4 atom stereocenters. The van der Waals surface area contributed by atoms with Crippen LogP contribution in [-0.2, 0) is 41.8 Å². The molecule has 0 aromatic heterocycles. The molecule has 0 saturated carbocycles. The van der Waals surface area contributed by atoms with Crippen LogP contribution in [0.4, 0.5) is 0 Å². The van der Waals surface area contributed by atoms with Gasteiger partial charge in [-0.1, -0.05) is 139 Å². The Labute approximate surface area is 341 Å². The van der Waals surface area contributed by atoms with Crippen LogP contribution in [0.1, 0.15) is 136 Å². The second-order valence-electron chi connectivity index (χ2n) is 14.2. The van der Waals surface area contributed by atoms with Crippen LogP contribution < -0.4 is 0 Å². The number of unbranched alkanes of at least 4 members (excludes halogenated alkanes) is 9. The Bertz CT molecular complexity index is 1270. The maximum atomic E-state index is 12.6. The average molecular weight is 851 g/mol. The van der Waals surface area contributed by atoms with Crippen LogP contribution in [0, 0.1) is 5.92 Å². The molecule has 0 spiro atoms. The van der Waals surface area contributed by atoms with Crippen molar-refractivity contribution in [3.8, 4) is 0 Å². The van der Waals surface area contributed by atoms with Crippen LogP contribution in [0.3, 0.4) is 0 Å². The number of hydrogen-bond acceptors (Lipinski definition) is 11. The minimum absolute atomic E-state index is 0.0831. The maximum Gasteiger partial charge on any atom is 0.472 e. The van der Waals surface area contributed by atoms with Gasteiger partial charge in [-0.2, -0.15) is 0 Å². The largest absolute Gasteiger partial charge is 0.472 e. The summed E-state index contributed by atoms with van der Waals surface area (Å²) in [5.74, 6) is -0.400. The molecule has 0 fully saturated rings. The number of aliphatic hydroxyl groups excluding tert-OH is 2. The van der Waals surface area contributed by atoms with Gasteiger partial charge in [0.05, 0.1) is 25.9 Å². The third-order valence-electron chi connectivity index (χ3n) is 8.17. The van der Waals surface area contributed by atoms with Crippen LogP contribution in [0.2, 0.25) is 0 Å². The van der Waals surface area contributed by atoms with E-state index in [9.17, 15) is 33.8 Å². The molecule has 0 aromatic carbocycles. The lowest BCUT2D eigenvalue weighted by Gasteiger charge is -2.20. The third kappa shape index (κ3) is 40.3. The predicted molar refractivity (Wildman–Crippen MR) is 222 cm³/mol. The molecular weight excluding hydrogens is 778 g/mol. The Morgan fingerprint density at radius 2 is 1.21 bits per heavy atom. The summed E-state index contributed by atoms with van der Waals surface area (Å²) in [5, 5.41) is 19.7. The summed E-state index contributed by atoms with van der Waals surface area (Å²) in [5.41, 5.74) is 0. The summed E-state index contributed by atoms with van der Waals surface area (Å²) in [7, 11) is -9.70. The van der Waals surface area contributed by atoms with Crippen molar-refractivity contribution in [2.45, 2.75) is 155 Å². The summed E-state index contributed by atoms with van der Waals surface area (Å²) in [6.07, 6.45) is 31.3. The van der Waals surface area contributed by atoms with Crippen LogP contribution >= 0.6 is 15.6 Å². The quantitative estimate of drug-likeness (QED) is 0.0130. The molecule has 0 amide bonds. The summed E-state index contributed by atoms with van der Waals surface area (Å²) in [6, 6.07) is 0. The van der Waals surface area contributed by atoms with Gasteiger partial charge in [-0.25, -0.2) is 9.13 Å². The predicted octanol–water partition coefficient (Wildman–Crippen LogP) is 8.88. The average Bonchev–Trinajstić information content (AvgIpc) is 3.15. The molecule has 57 heavy (non-hydrogen) atoms. The Morgan fingerprint density at radius 1 is 0.632 bits per heavy atom. The smallest absolute Gasteiger partial charge is 0.462 e. The van der Waals surface area contributed by atoms with Gasteiger partial charge in [-0.05, 0) is 50.9 Å². The number of phosphoric ester groups is 2. The first-order valence-electron chi connectivity index (χ1n) is 20.4. The van der Waals surface area contributed by atoms with Crippen LogP contribution in [0.5, 0.6) is 0 Å². The second kappa shape index (κ2) is 35.7. The van der Waals surface area contributed by atoms with E-state index in [1.807, 2.05) is 36.5 Å². The minimum atomic E-state index is -4.87. The zero-order valence-electron chi connectivity index (χ0n) is 34.4. The highest BCUT2D eigenvalue weighted by molar-refractivity contribution is 7.47. The minimum Gasteiger partial charge on any atom is -0.462 e. The zero-order chi connectivity index (χ0) is 42.6. The number of esters is 2. The van der Waals surface area contributed by atoms with E-state index in [4.69, 9.17) is 23.8 Å². The first-order valence-corrected chi connectivity index (χ1v) is 23.5. The van der Waals surface area contributed by atoms with Gasteiger partial charge in [0.15, 0.2) is 6.10 Å². The molecule has 0 aliphatic heterocycles. The summed E-state index contributed by atoms with van der Waals surface area (Å²) < 4.78 is 47.6. The maximum absolute atomic E-state index is 12.6. The van der Waals surface area contributed by atoms with Crippen molar-refractivity contribution in [2.75, 3.05) is 26.4 Å². The van der Waals surface area contributed by atoms with Crippen molar-refractivity contribution >= 4 is 27.6 Å². The Balaban J connectivity index is 4.70. The van der Waals surface area contributed by atoms with E-state index in [0.29, 0.717) is 32.1 Å². The van der Waals surface area contributed by atoms with E-state index < -0.39 is 72.3 Å². The zero-order valence-corrected chi connectivity index (χ0v) is 36.2. The molecule has 0 radical (unpaired) electrons. The molecule has 0 saturated heterocycles. The fraction of sp³-hybridized carbons (Fsp3) is 0.707. The molecule has 0 aliphatic rings. The number of phosphoric acid groups is 2. The number of aliphatic hydroxyl groups is 2. The highest BCUT2D eigenvalue weighted by Crippen LogP contribution is 2.43. The van der Waals surface area contributed by atoms with Gasteiger partial charge in [0.2, 0.25) is 0 Å². The normalized spacial score (nSPS) is 15.4. The topological polar surface area (TPSA) is 216 Å². The van der Waals surface area contributed by atoms with E-state index in [1.165, 1.54) is 32.1 Å². The van der Waals surface area contributed by atoms with Gasteiger partial charge in [0.1, 0.15) is 12.7 Å². The van der Waals surface area contributed by atoms with Gasteiger partial charge in [0, 0.05) is 12.8 Å². The van der Waals surface area contributed by atoms with Crippen molar-refractivity contribution in [3.05, 3.63) is 60.8 Å². The van der Waals surface area contributed by atoms with Crippen LogP contribution in [0.15, 0.2) is 60.8 Å². The lowest BCUT2D eigenvalue weighted by Crippen LogP contribution is -2.30. The second-order valence-corrected chi connectivity index (χ2v) is 16.9. The number of hydrogen-bond donors (Lipinski definition) is 5. The molecule has 5 N–H and O–H groups in total. The summed E-state index contributed by atoms with van der Waals surface area (Å²) in [4.78, 5) is 52.5. The van der Waals surface area contributed by atoms with Gasteiger partial charge < -0.3 is 34.4 Å². The van der Waals surface area contributed by atoms with Crippen molar-refractivity contribution in [1.29, 1.82) is 0 Å². The first kappa shape index (κ1) is 54.8. The number of carbonyl (C=O) groups is 2. The highest BCUT2D eigenvalue weighted by atomic mass is 31.2. The van der Waals surface area contributed by atoms with Crippen molar-refractivity contribution < 1.29 is 66.7 Å². The van der Waals surface area contributed by atoms with Gasteiger partial charge in [-0.15, -0.1) is 0 Å². The van der Waals surface area contributed by atoms with Gasteiger partial charge >= 0.3 is 27.6 Å². The fourth-order valence-electron chi connectivity index (χ4n) is 5.06. The Hall–Kier alpha value is -2.22. The van der Waals surface area contributed by atoms with Gasteiger partial charge in [-0.3, -0.25) is 23.2 Å². The lowest BCUT2D eigenvalue weighted by molar-refractivity contribution is -0.161. The van der Waals surface area contributed by atoms with E-state index in [-0.39, 0.29) is 12.8 Å². The monoisotopic (exact) mass is 850 g/mol. The van der Waals surface area contributed by atoms with Crippen molar-refractivity contribution in [2.24, 2.45) is 5.92 Å². The van der Waals surface area contributed by atoms with E-state index in [2.05, 4.69) is 42.0 Å². The molecule has 16 heteroatoms. The number of carbonyl (C=O) groups excluding carboxylic acids is 2. The van der Waals surface area contributed by atoms with Gasteiger partial charge in [0.25, 0.3) is 0 Å². The molecule has 0 heterocycles. The SMILES string of the molecule is CC/C=C\C/C=C\CC(O)/C=C/C=C\C/C=C\CCCC(=O)OC[C@H](COP(=O)(O)OC[C@@H](O)COP(=O)(O)O)OC(=O)CCCCCCCCCCCC(C)C. The molecule has 14 nitrogen and oxygen atoms in total. The molecule has 330 valence electrons. The molecular formula is C41H72O14P2. The summed E-state index contributed by atoms with van der Waals surface area (Å²) in [6.45, 7) is 3.74. The third-order valence-corrected chi connectivity index (χ3v) is 9.61.